The van der Waals surface area contributed by atoms with E-state index in [9.17, 15) is 4.79 Å². The third-order valence-electron chi connectivity index (χ3n) is 3.57. The van der Waals surface area contributed by atoms with Crippen LogP contribution in [0.15, 0.2) is 0 Å². The SMILES string of the molecule is CC(C)OC(=O)C1CC2OC2(C)CC1C. The molecule has 3 heteroatoms. The average Bonchev–Trinajstić information content (AvgIpc) is 2.71. The zero-order valence-electron chi connectivity index (χ0n) is 9.95. The van der Waals surface area contributed by atoms with Gasteiger partial charge in [0.1, 0.15) is 0 Å². The second kappa shape index (κ2) is 3.48. The van der Waals surface area contributed by atoms with Crippen LogP contribution in [0.1, 0.15) is 40.5 Å². The molecule has 0 amide bonds. The molecule has 3 nitrogen and oxygen atoms in total. The first kappa shape index (κ1) is 10.9. The number of carbonyl (C=O) groups is 1. The van der Waals surface area contributed by atoms with Gasteiger partial charge in [0.25, 0.3) is 0 Å². The first-order chi connectivity index (χ1) is 6.92. The molecule has 0 N–H and O–H groups in total. The molecule has 1 aliphatic heterocycles. The number of hydrogen-bond donors (Lipinski definition) is 0. The molecule has 0 aromatic heterocycles. The molecular formula is C12H20O3. The predicted octanol–water partition coefficient (Wildman–Crippen LogP) is 2.14. The summed E-state index contributed by atoms with van der Waals surface area (Å²) in [4.78, 5) is 11.8. The molecule has 0 bridgehead atoms. The highest BCUT2D eigenvalue weighted by Crippen LogP contribution is 2.51. The molecule has 1 heterocycles. The third-order valence-corrected chi connectivity index (χ3v) is 3.57. The zero-order valence-corrected chi connectivity index (χ0v) is 9.95. The topological polar surface area (TPSA) is 38.8 Å². The normalized spacial score (nSPS) is 43.7. The van der Waals surface area contributed by atoms with Gasteiger partial charge in [-0.05, 0) is 39.5 Å². The Hall–Kier alpha value is -0.570. The van der Waals surface area contributed by atoms with E-state index in [1.54, 1.807) is 0 Å². The first-order valence-electron chi connectivity index (χ1n) is 5.80. The Bertz CT molecular complexity index is 274. The van der Waals surface area contributed by atoms with Gasteiger partial charge < -0.3 is 9.47 Å². The number of carbonyl (C=O) groups excluding carboxylic acids is 1. The van der Waals surface area contributed by atoms with Gasteiger partial charge in [-0.2, -0.15) is 0 Å². The summed E-state index contributed by atoms with van der Waals surface area (Å²) in [5, 5.41) is 0. The van der Waals surface area contributed by atoms with Gasteiger partial charge in [-0.3, -0.25) is 4.79 Å². The molecule has 0 aromatic rings. The Morgan fingerprint density at radius 2 is 2.20 bits per heavy atom. The highest BCUT2D eigenvalue weighted by Gasteiger charge is 2.58. The van der Waals surface area contributed by atoms with Gasteiger partial charge in [0.15, 0.2) is 0 Å². The van der Waals surface area contributed by atoms with Crippen molar-refractivity contribution in [3.63, 3.8) is 0 Å². The standard InChI is InChI=1S/C12H20O3/c1-7(2)14-11(13)9-5-10-12(4,15-10)6-8(9)3/h7-10H,5-6H2,1-4H3. The van der Waals surface area contributed by atoms with Crippen LogP contribution in [0.25, 0.3) is 0 Å². The maximum Gasteiger partial charge on any atom is 0.309 e. The van der Waals surface area contributed by atoms with Crippen LogP contribution in [0.3, 0.4) is 0 Å². The van der Waals surface area contributed by atoms with Crippen molar-refractivity contribution in [1.82, 2.24) is 0 Å². The zero-order chi connectivity index (χ0) is 11.2. The summed E-state index contributed by atoms with van der Waals surface area (Å²) in [6.07, 6.45) is 2.09. The van der Waals surface area contributed by atoms with Crippen LogP contribution in [-0.2, 0) is 14.3 Å². The molecule has 0 radical (unpaired) electrons. The van der Waals surface area contributed by atoms with E-state index >= 15 is 0 Å². The summed E-state index contributed by atoms with van der Waals surface area (Å²) in [5.74, 6) is 0.364. The van der Waals surface area contributed by atoms with Crippen LogP contribution in [0.2, 0.25) is 0 Å². The number of esters is 1. The fourth-order valence-electron chi connectivity index (χ4n) is 2.66. The minimum Gasteiger partial charge on any atom is -0.463 e. The minimum atomic E-state index is -0.0462. The van der Waals surface area contributed by atoms with Crippen LogP contribution in [0, 0.1) is 11.8 Å². The molecule has 1 saturated carbocycles. The van der Waals surface area contributed by atoms with E-state index in [4.69, 9.17) is 9.47 Å². The van der Waals surface area contributed by atoms with Crippen molar-refractivity contribution in [2.24, 2.45) is 11.8 Å². The quantitative estimate of drug-likeness (QED) is 0.520. The summed E-state index contributed by atoms with van der Waals surface area (Å²) in [7, 11) is 0. The van der Waals surface area contributed by atoms with Gasteiger partial charge in [0, 0.05) is 0 Å². The van der Waals surface area contributed by atoms with Gasteiger partial charge in [-0.1, -0.05) is 6.92 Å². The molecule has 2 rings (SSSR count). The fourth-order valence-corrected chi connectivity index (χ4v) is 2.66. The highest BCUT2D eigenvalue weighted by atomic mass is 16.6. The maximum absolute atomic E-state index is 11.8. The highest BCUT2D eigenvalue weighted by molar-refractivity contribution is 5.73. The van der Waals surface area contributed by atoms with Crippen molar-refractivity contribution in [2.75, 3.05) is 0 Å². The second-order valence-corrected chi connectivity index (χ2v) is 5.43. The minimum absolute atomic E-state index is 0.0156. The van der Waals surface area contributed by atoms with Crippen molar-refractivity contribution in [3.8, 4) is 0 Å². The average molecular weight is 212 g/mol. The van der Waals surface area contributed by atoms with Gasteiger partial charge in [0.2, 0.25) is 0 Å². The smallest absolute Gasteiger partial charge is 0.309 e. The van der Waals surface area contributed by atoms with Crippen molar-refractivity contribution >= 4 is 5.97 Å². The van der Waals surface area contributed by atoms with E-state index in [0.717, 1.165) is 12.8 Å². The van der Waals surface area contributed by atoms with Crippen LogP contribution >= 0.6 is 0 Å². The number of hydrogen-bond acceptors (Lipinski definition) is 3. The molecule has 2 fully saturated rings. The molecular weight excluding hydrogens is 192 g/mol. The Balaban J connectivity index is 1.96. The monoisotopic (exact) mass is 212 g/mol. The molecule has 4 unspecified atom stereocenters. The van der Waals surface area contributed by atoms with Crippen molar-refractivity contribution < 1.29 is 14.3 Å². The van der Waals surface area contributed by atoms with E-state index < -0.39 is 0 Å². The Labute approximate surface area is 91.1 Å². The Kier molecular flexibility index (Phi) is 2.53. The fraction of sp³-hybridized carbons (Fsp3) is 0.917. The predicted molar refractivity (Wildman–Crippen MR) is 56.4 cm³/mol. The lowest BCUT2D eigenvalue weighted by Crippen LogP contribution is -2.35. The van der Waals surface area contributed by atoms with Crippen molar-refractivity contribution in [3.05, 3.63) is 0 Å². The maximum atomic E-state index is 11.8. The van der Waals surface area contributed by atoms with Gasteiger partial charge in [-0.15, -0.1) is 0 Å². The number of rotatable bonds is 2. The lowest BCUT2D eigenvalue weighted by molar-refractivity contribution is -0.155. The largest absolute Gasteiger partial charge is 0.463 e. The van der Waals surface area contributed by atoms with Crippen LogP contribution in [-0.4, -0.2) is 23.8 Å². The molecule has 86 valence electrons. The van der Waals surface area contributed by atoms with Gasteiger partial charge in [-0.25, -0.2) is 0 Å². The van der Waals surface area contributed by atoms with E-state index in [1.807, 2.05) is 13.8 Å². The second-order valence-electron chi connectivity index (χ2n) is 5.43. The summed E-state index contributed by atoms with van der Waals surface area (Å²) in [6.45, 7) is 8.04. The van der Waals surface area contributed by atoms with E-state index in [2.05, 4.69) is 13.8 Å². The van der Waals surface area contributed by atoms with Crippen molar-refractivity contribution in [1.29, 1.82) is 0 Å². The number of ether oxygens (including phenoxy) is 2. The van der Waals surface area contributed by atoms with Crippen LogP contribution in [0.5, 0.6) is 0 Å². The van der Waals surface area contributed by atoms with E-state index in [0.29, 0.717) is 12.0 Å². The number of fused-ring (bicyclic) bond motifs is 1. The Morgan fingerprint density at radius 3 is 2.80 bits per heavy atom. The molecule has 1 aliphatic carbocycles. The van der Waals surface area contributed by atoms with E-state index in [-0.39, 0.29) is 23.6 Å². The lowest BCUT2D eigenvalue weighted by atomic mass is 9.75. The summed E-state index contributed by atoms with van der Waals surface area (Å²) < 4.78 is 10.9. The van der Waals surface area contributed by atoms with Gasteiger partial charge in [0.05, 0.1) is 23.7 Å². The van der Waals surface area contributed by atoms with Gasteiger partial charge >= 0.3 is 5.97 Å². The lowest BCUT2D eigenvalue weighted by Gasteiger charge is -2.28. The van der Waals surface area contributed by atoms with Crippen molar-refractivity contribution in [2.45, 2.75) is 58.3 Å². The molecule has 4 atom stereocenters. The van der Waals surface area contributed by atoms with E-state index in [1.165, 1.54) is 0 Å². The summed E-state index contributed by atoms with van der Waals surface area (Å²) in [6, 6.07) is 0. The Morgan fingerprint density at radius 1 is 1.53 bits per heavy atom. The van der Waals surface area contributed by atoms with Crippen LogP contribution in [0.4, 0.5) is 0 Å². The third kappa shape index (κ3) is 2.03. The molecule has 0 spiro atoms. The molecule has 2 aliphatic rings. The van der Waals surface area contributed by atoms with Crippen LogP contribution < -0.4 is 0 Å². The summed E-state index contributed by atoms with van der Waals surface area (Å²) >= 11 is 0. The molecule has 1 saturated heterocycles. The molecule has 15 heavy (non-hydrogen) atoms. The summed E-state index contributed by atoms with van der Waals surface area (Å²) in [5.41, 5.74) is 0.0635. The molecule has 0 aromatic carbocycles. The first-order valence-corrected chi connectivity index (χ1v) is 5.80. The number of epoxide rings is 1.